The number of carbonyl (C=O) groups excluding carboxylic acids is 3. The van der Waals surface area contributed by atoms with Gasteiger partial charge in [-0.2, -0.15) is 0 Å². The number of hydrogen-bond acceptors (Lipinski definition) is 6. The number of esters is 3. The molecule has 1 atom stereocenters. The summed E-state index contributed by atoms with van der Waals surface area (Å²) in [5.74, 6) is -1.13. The van der Waals surface area contributed by atoms with Crippen LogP contribution < -0.4 is 0 Å². The molecule has 340 valence electrons. The van der Waals surface area contributed by atoms with Gasteiger partial charge in [0.25, 0.3) is 0 Å². The highest BCUT2D eigenvalue weighted by molar-refractivity contribution is 5.71. The Kier molecular flexibility index (Phi) is 44.7. The minimum absolute atomic E-state index is 0.140. The van der Waals surface area contributed by atoms with E-state index in [2.05, 4.69) is 130 Å². The molecule has 0 saturated carbocycles. The van der Waals surface area contributed by atoms with Crippen LogP contribution in [0.4, 0.5) is 0 Å². The van der Waals surface area contributed by atoms with Crippen molar-refractivity contribution in [3.8, 4) is 0 Å². The highest BCUT2D eigenvalue weighted by atomic mass is 16.6. The molecular weight excluding hydrogens is 757 g/mol. The van der Waals surface area contributed by atoms with E-state index >= 15 is 0 Å². The maximum atomic E-state index is 12.7. The molecule has 61 heavy (non-hydrogen) atoms. The maximum absolute atomic E-state index is 12.7. The fourth-order valence-corrected chi connectivity index (χ4v) is 5.64. The first-order valence-corrected chi connectivity index (χ1v) is 23.7. The summed E-state index contributed by atoms with van der Waals surface area (Å²) < 4.78 is 16.6. The molecule has 0 spiro atoms. The summed E-state index contributed by atoms with van der Waals surface area (Å²) in [6.45, 7) is 6.19. The Bertz CT molecular complexity index is 1380. The molecule has 0 N–H and O–H groups in total. The molecule has 1 unspecified atom stereocenters. The lowest BCUT2D eigenvalue weighted by Gasteiger charge is -2.18. The number of rotatable bonds is 40. The Morgan fingerprint density at radius 1 is 0.344 bits per heavy atom. The van der Waals surface area contributed by atoms with Gasteiger partial charge in [-0.25, -0.2) is 0 Å². The van der Waals surface area contributed by atoms with E-state index in [0.29, 0.717) is 19.3 Å². The van der Waals surface area contributed by atoms with Gasteiger partial charge in [0.1, 0.15) is 13.2 Å². The second kappa shape index (κ2) is 48.2. The van der Waals surface area contributed by atoms with Gasteiger partial charge in [-0.3, -0.25) is 14.4 Å². The van der Waals surface area contributed by atoms with Crippen molar-refractivity contribution in [1.29, 1.82) is 0 Å². The van der Waals surface area contributed by atoms with Crippen LogP contribution in [0.15, 0.2) is 134 Å². The first-order valence-electron chi connectivity index (χ1n) is 23.7. The van der Waals surface area contributed by atoms with E-state index in [1.807, 2.05) is 24.3 Å². The molecule has 0 bridgehead atoms. The van der Waals surface area contributed by atoms with Gasteiger partial charge in [-0.1, -0.05) is 187 Å². The highest BCUT2D eigenvalue weighted by Crippen LogP contribution is 2.10. The average Bonchev–Trinajstić information content (AvgIpc) is 3.26. The van der Waals surface area contributed by atoms with E-state index < -0.39 is 12.1 Å². The normalized spacial score (nSPS) is 13.3. The van der Waals surface area contributed by atoms with E-state index in [0.717, 1.165) is 103 Å². The predicted molar refractivity (Wildman–Crippen MR) is 260 cm³/mol. The molecule has 0 heterocycles. The topological polar surface area (TPSA) is 78.9 Å². The van der Waals surface area contributed by atoms with Gasteiger partial charge in [-0.15, -0.1) is 0 Å². The van der Waals surface area contributed by atoms with Crippen LogP contribution in [0.25, 0.3) is 0 Å². The monoisotopic (exact) mass is 841 g/mol. The Balaban J connectivity index is 4.61. The third-order valence-electron chi connectivity index (χ3n) is 9.15. The van der Waals surface area contributed by atoms with Crippen molar-refractivity contribution in [2.75, 3.05) is 13.2 Å². The minimum atomic E-state index is -0.853. The summed E-state index contributed by atoms with van der Waals surface area (Å²) in [4.78, 5) is 37.7. The van der Waals surface area contributed by atoms with Crippen LogP contribution in [0.5, 0.6) is 0 Å². The zero-order valence-corrected chi connectivity index (χ0v) is 38.6. The van der Waals surface area contributed by atoms with Crippen LogP contribution in [0.2, 0.25) is 0 Å². The maximum Gasteiger partial charge on any atom is 0.306 e. The van der Waals surface area contributed by atoms with E-state index in [1.54, 1.807) is 0 Å². The molecule has 0 aliphatic carbocycles. The van der Waals surface area contributed by atoms with Gasteiger partial charge in [0, 0.05) is 19.3 Å². The standard InChI is InChI=1S/C55H84O6/c1-4-7-10-13-16-19-22-24-25-26-27-28-29-31-33-36-39-42-45-48-54(57)60-51-52(50-59-53(56)47-44-41-38-35-32-21-18-15-12-9-6-3)61-55(58)49-46-43-40-37-34-30-23-20-17-14-11-8-5-2/h7-8,10-11,15-20,24-25,27-28,30-31,33-34,39-40,42-43,52H,4-6,9,12-14,21-23,26,29,32,35-38,41,44-51H2,1-3H3/b10-7-,11-8-,18-15-,19-16-,20-17-,25-24-,28-27-,33-31-,34-30-,42-39-,43-40-. The summed E-state index contributed by atoms with van der Waals surface area (Å²) >= 11 is 0. The van der Waals surface area contributed by atoms with Crippen molar-refractivity contribution in [1.82, 2.24) is 0 Å². The van der Waals surface area contributed by atoms with E-state index in [9.17, 15) is 14.4 Å². The minimum Gasteiger partial charge on any atom is -0.462 e. The molecule has 0 fully saturated rings. The predicted octanol–water partition coefficient (Wildman–Crippen LogP) is 15.5. The molecule has 0 amide bonds. The summed E-state index contributed by atoms with van der Waals surface area (Å²) in [6.07, 6.45) is 67.5. The van der Waals surface area contributed by atoms with Crippen LogP contribution in [0.3, 0.4) is 0 Å². The van der Waals surface area contributed by atoms with Crippen LogP contribution in [-0.2, 0) is 28.6 Å². The Labute approximate surface area is 373 Å². The van der Waals surface area contributed by atoms with Crippen LogP contribution >= 0.6 is 0 Å². The molecule has 0 radical (unpaired) electrons. The first kappa shape index (κ1) is 56.5. The fourth-order valence-electron chi connectivity index (χ4n) is 5.64. The molecule has 0 aliphatic rings. The largest absolute Gasteiger partial charge is 0.462 e. The molecule has 0 aromatic rings. The van der Waals surface area contributed by atoms with Crippen molar-refractivity contribution in [3.05, 3.63) is 134 Å². The van der Waals surface area contributed by atoms with E-state index in [4.69, 9.17) is 14.2 Å². The van der Waals surface area contributed by atoms with Crippen molar-refractivity contribution < 1.29 is 28.6 Å². The lowest BCUT2D eigenvalue weighted by molar-refractivity contribution is -0.166. The Hall–Kier alpha value is -4.45. The van der Waals surface area contributed by atoms with Crippen molar-refractivity contribution >= 4 is 17.9 Å². The summed E-state index contributed by atoms with van der Waals surface area (Å²) in [5.41, 5.74) is 0. The lowest BCUT2D eigenvalue weighted by atomic mass is 10.1. The third-order valence-corrected chi connectivity index (χ3v) is 9.15. The number of hydrogen-bond donors (Lipinski definition) is 0. The zero-order valence-electron chi connectivity index (χ0n) is 38.6. The first-order chi connectivity index (χ1) is 30.0. The van der Waals surface area contributed by atoms with Crippen LogP contribution in [0, 0.1) is 0 Å². The molecule has 6 heteroatoms. The van der Waals surface area contributed by atoms with Crippen LogP contribution in [0.1, 0.15) is 175 Å². The molecule has 0 aliphatic heterocycles. The van der Waals surface area contributed by atoms with Gasteiger partial charge in [-0.05, 0) is 103 Å². The average molecular weight is 841 g/mol. The summed E-state index contributed by atoms with van der Waals surface area (Å²) in [7, 11) is 0. The molecule has 0 aromatic carbocycles. The lowest BCUT2D eigenvalue weighted by Crippen LogP contribution is -2.30. The molecule has 0 aromatic heterocycles. The SMILES string of the molecule is CC/C=C\C/C=C\C/C=C\C/C=C\C/C=C\C/C=C\CCC(=O)OCC(COC(=O)CCCCCCC/C=C\CCCC)OC(=O)CC/C=C\C/C=C\C/C=C\C/C=C\CC. The zero-order chi connectivity index (χ0) is 44.4. The fraction of sp³-hybridized carbons (Fsp3) is 0.545. The second-order valence-electron chi connectivity index (χ2n) is 14.9. The van der Waals surface area contributed by atoms with E-state index in [-0.39, 0.29) is 38.0 Å². The molecule has 0 saturated heterocycles. The van der Waals surface area contributed by atoms with Gasteiger partial charge >= 0.3 is 17.9 Å². The van der Waals surface area contributed by atoms with Gasteiger partial charge in [0.2, 0.25) is 0 Å². The number of carbonyl (C=O) groups is 3. The van der Waals surface area contributed by atoms with Gasteiger partial charge in [0.15, 0.2) is 6.10 Å². The quantitative estimate of drug-likeness (QED) is 0.0265. The molecular formula is C55H84O6. The smallest absolute Gasteiger partial charge is 0.306 e. The van der Waals surface area contributed by atoms with Crippen molar-refractivity contribution in [3.63, 3.8) is 0 Å². The summed E-state index contributed by atoms with van der Waals surface area (Å²) in [6, 6.07) is 0. The van der Waals surface area contributed by atoms with Gasteiger partial charge < -0.3 is 14.2 Å². The Morgan fingerprint density at radius 3 is 1.10 bits per heavy atom. The number of allylic oxidation sites excluding steroid dienone is 22. The van der Waals surface area contributed by atoms with Crippen molar-refractivity contribution in [2.24, 2.45) is 0 Å². The Morgan fingerprint density at radius 2 is 0.672 bits per heavy atom. The van der Waals surface area contributed by atoms with Gasteiger partial charge in [0.05, 0.1) is 0 Å². The van der Waals surface area contributed by atoms with Crippen LogP contribution in [-0.4, -0.2) is 37.2 Å². The molecule has 6 nitrogen and oxygen atoms in total. The van der Waals surface area contributed by atoms with Crippen molar-refractivity contribution in [2.45, 2.75) is 181 Å². The van der Waals surface area contributed by atoms with E-state index in [1.165, 1.54) is 19.3 Å². The second-order valence-corrected chi connectivity index (χ2v) is 14.9. The number of ether oxygens (including phenoxy) is 3. The highest BCUT2D eigenvalue weighted by Gasteiger charge is 2.19. The third kappa shape index (κ3) is 46.5. The number of unbranched alkanes of at least 4 members (excludes halogenated alkanes) is 7. The summed E-state index contributed by atoms with van der Waals surface area (Å²) in [5, 5.41) is 0. The molecule has 0 rings (SSSR count).